The highest BCUT2D eigenvalue weighted by Gasteiger charge is 2.12. The van der Waals surface area contributed by atoms with E-state index in [-0.39, 0.29) is 17.1 Å². The maximum atomic E-state index is 11.5. The van der Waals surface area contributed by atoms with E-state index >= 15 is 0 Å². The largest absolute Gasteiger partial charge is 0.478 e. The Bertz CT molecular complexity index is 464. The Morgan fingerprint density at radius 1 is 1.26 bits per heavy atom. The van der Waals surface area contributed by atoms with Crippen molar-refractivity contribution in [3.05, 3.63) is 35.4 Å². The maximum absolute atomic E-state index is 11.5. The van der Waals surface area contributed by atoms with Crippen LogP contribution >= 0.6 is 0 Å². The van der Waals surface area contributed by atoms with Crippen molar-refractivity contribution >= 4 is 12.0 Å². The molecule has 0 heterocycles. The lowest BCUT2D eigenvalue weighted by Gasteiger charge is -2.20. The first-order valence-corrected chi connectivity index (χ1v) is 6.16. The molecule has 0 aromatic heterocycles. The topological polar surface area (TPSA) is 78.4 Å². The minimum absolute atomic E-state index is 0.220. The predicted molar refractivity (Wildman–Crippen MR) is 73.4 cm³/mol. The highest BCUT2D eigenvalue weighted by Crippen LogP contribution is 2.05. The summed E-state index contributed by atoms with van der Waals surface area (Å²) in [5.74, 6) is -0.944. The quantitative estimate of drug-likeness (QED) is 0.778. The zero-order valence-electron chi connectivity index (χ0n) is 11.5. The van der Waals surface area contributed by atoms with Gasteiger partial charge in [0.2, 0.25) is 0 Å². The monoisotopic (exact) mass is 264 g/mol. The van der Waals surface area contributed by atoms with Crippen LogP contribution in [-0.4, -0.2) is 29.2 Å². The van der Waals surface area contributed by atoms with Crippen molar-refractivity contribution in [1.29, 1.82) is 0 Å². The molecule has 0 unspecified atom stereocenters. The number of carbonyl (C=O) groups excluding carboxylic acids is 1. The molecule has 0 aliphatic rings. The molecule has 1 aromatic carbocycles. The number of carboxylic acids is 1. The van der Waals surface area contributed by atoms with Gasteiger partial charge >= 0.3 is 12.0 Å². The molecule has 0 aliphatic carbocycles. The zero-order chi connectivity index (χ0) is 14.5. The van der Waals surface area contributed by atoms with E-state index in [9.17, 15) is 9.59 Å². The fraction of sp³-hybridized carbons (Fsp3) is 0.429. The Morgan fingerprint density at radius 2 is 1.95 bits per heavy atom. The molecule has 0 saturated heterocycles. The lowest BCUT2D eigenvalue weighted by atomic mass is 10.1. The number of carboxylic acid groups (broad SMARTS) is 1. The molecular formula is C14H20N2O3. The Hall–Kier alpha value is -2.04. The van der Waals surface area contributed by atoms with Crippen molar-refractivity contribution in [3.8, 4) is 0 Å². The summed E-state index contributed by atoms with van der Waals surface area (Å²) in [5, 5.41) is 14.4. The number of urea groups is 1. The predicted octanol–water partition coefficient (Wildman–Crippen LogP) is 2.02. The lowest BCUT2D eigenvalue weighted by Crippen LogP contribution is -2.46. The van der Waals surface area contributed by atoms with Gasteiger partial charge in [0.15, 0.2) is 0 Å². The van der Waals surface area contributed by atoms with Gasteiger partial charge in [-0.3, -0.25) is 0 Å². The van der Waals surface area contributed by atoms with E-state index in [0.29, 0.717) is 13.0 Å². The maximum Gasteiger partial charge on any atom is 0.335 e. The third-order valence-corrected chi connectivity index (χ3v) is 2.36. The van der Waals surface area contributed by atoms with Crippen molar-refractivity contribution in [1.82, 2.24) is 10.6 Å². The SMILES string of the molecule is CC(C)(C)NC(=O)NCCc1cccc(C(=O)O)c1. The van der Waals surface area contributed by atoms with E-state index in [0.717, 1.165) is 5.56 Å². The molecule has 0 bridgehead atoms. The number of hydrogen-bond donors (Lipinski definition) is 3. The zero-order valence-corrected chi connectivity index (χ0v) is 11.5. The molecule has 5 heteroatoms. The van der Waals surface area contributed by atoms with Crippen LogP contribution in [0.25, 0.3) is 0 Å². The van der Waals surface area contributed by atoms with Crippen LogP contribution in [0.5, 0.6) is 0 Å². The molecule has 1 rings (SSSR count). The van der Waals surface area contributed by atoms with Crippen LogP contribution in [0, 0.1) is 0 Å². The molecule has 0 atom stereocenters. The number of benzene rings is 1. The summed E-state index contributed by atoms with van der Waals surface area (Å²) < 4.78 is 0. The van der Waals surface area contributed by atoms with Gasteiger partial charge in [-0.05, 0) is 44.9 Å². The van der Waals surface area contributed by atoms with E-state index in [1.54, 1.807) is 18.2 Å². The number of amides is 2. The number of carbonyl (C=O) groups is 2. The minimum atomic E-state index is -0.944. The number of nitrogens with one attached hydrogen (secondary N) is 2. The first-order valence-electron chi connectivity index (χ1n) is 6.16. The summed E-state index contributed by atoms with van der Waals surface area (Å²) >= 11 is 0. The smallest absolute Gasteiger partial charge is 0.335 e. The van der Waals surface area contributed by atoms with Crippen molar-refractivity contribution in [2.45, 2.75) is 32.7 Å². The Morgan fingerprint density at radius 3 is 2.53 bits per heavy atom. The Labute approximate surface area is 113 Å². The number of hydrogen-bond acceptors (Lipinski definition) is 2. The van der Waals surface area contributed by atoms with E-state index in [1.165, 1.54) is 0 Å². The van der Waals surface area contributed by atoms with Gasteiger partial charge in [-0.1, -0.05) is 12.1 Å². The van der Waals surface area contributed by atoms with Gasteiger partial charge in [0.25, 0.3) is 0 Å². The first-order chi connectivity index (χ1) is 8.78. The molecule has 5 nitrogen and oxygen atoms in total. The molecule has 0 saturated carbocycles. The Balaban J connectivity index is 2.43. The molecule has 0 radical (unpaired) electrons. The van der Waals surface area contributed by atoms with Gasteiger partial charge in [0, 0.05) is 12.1 Å². The normalized spacial score (nSPS) is 10.9. The molecule has 0 fully saturated rings. The molecule has 0 spiro atoms. The summed E-state index contributed by atoms with van der Waals surface area (Å²) in [7, 11) is 0. The van der Waals surface area contributed by atoms with Crippen LogP contribution in [0.15, 0.2) is 24.3 Å². The van der Waals surface area contributed by atoms with Gasteiger partial charge in [-0.15, -0.1) is 0 Å². The van der Waals surface area contributed by atoms with Crippen molar-refractivity contribution in [3.63, 3.8) is 0 Å². The second kappa shape index (κ2) is 6.22. The fourth-order valence-corrected chi connectivity index (χ4v) is 1.57. The van der Waals surface area contributed by atoms with E-state index in [1.807, 2.05) is 26.8 Å². The molecule has 3 N–H and O–H groups in total. The van der Waals surface area contributed by atoms with Crippen molar-refractivity contribution < 1.29 is 14.7 Å². The second-order valence-corrected chi connectivity index (χ2v) is 5.39. The first kappa shape index (κ1) is 15.0. The average Bonchev–Trinajstić information content (AvgIpc) is 2.27. The van der Waals surface area contributed by atoms with E-state index in [2.05, 4.69) is 10.6 Å². The Kier molecular flexibility index (Phi) is 4.92. The van der Waals surface area contributed by atoms with Crippen LogP contribution in [-0.2, 0) is 6.42 Å². The third kappa shape index (κ3) is 5.90. The fourth-order valence-electron chi connectivity index (χ4n) is 1.57. The molecule has 0 aliphatic heterocycles. The molecular weight excluding hydrogens is 244 g/mol. The van der Waals surface area contributed by atoms with Gasteiger partial charge < -0.3 is 15.7 Å². The average molecular weight is 264 g/mol. The highest BCUT2D eigenvalue weighted by atomic mass is 16.4. The summed E-state index contributed by atoms with van der Waals surface area (Å²) in [6.45, 7) is 6.18. The third-order valence-electron chi connectivity index (χ3n) is 2.36. The van der Waals surface area contributed by atoms with Crippen LogP contribution in [0.2, 0.25) is 0 Å². The second-order valence-electron chi connectivity index (χ2n) is 5.39. The lowest BCUT2D eigenvalue weighted by molar-refractivity contribution is 0.0696. The number of aromatic carboxylic acids is 1. The van der Waals surface area contributed by atoms with Gasteiger partial charge in [0.1, 0.15) is 0 Å². The minimum Gasteiger partial charge on any atom is -0.478 e. The van der Waals surface area contributed by atoms with Crippen LogP contribution < -0.4 is 10.6 Å². The molecule has 19 heavy (non-hydrogen) atoms. The van der Waals surface area contributed by atoms with Crippen LogP contribution in [0.1, 0.15) is 36.7 Å². The molecule has 104 valence electrons. The van der Waals surface area contributed by atoms with Crippen molar-refractivity contribution in [2.24, 2.45) is 0 Å². The van der Waals surface area contributed by atoms with Crippen molar-refractivity contribution in [2.75, 3.05) is 6.54 Å². The molecule has 1 aromatic rings. The van der Waals surface area contributed by atoms with Gasteiger partial charge in [-0.25, -0.2) is 9.59 Å². The van der Waals surface area contributed by atoms with E-state index < -0.39 is 5.97 Å². The highest BCUT2D eigenvalue weighted by molar-refractivity contribution is 5.87. The summed E-state index contributed by atoms with van der Waals surface area (Å²) in [6.07, 6.45) is 0.596. The molecule has 2 amide bonds. The van der Waals surface area contributed by atoms with Gasteiger partial charge in [-0.2, -0.15) is 0 Å². The summed E-state index contributed by atoms with van der Waals surface area (Å²) in [5.41, 5.74) is 0.875. The summed E-state index contributed by atoms with van der Waals surface area (Å²) in [6, 6.07) is 6.49. The van der Waals surface area contributed by atoms with E-state index in [4.69, 9.17) is 5.11 Å². The standard InChI is InChI=1S/C14H20N2O3/c1-14(2,3)16-13(19)15-8-7-10-5-4-6-11(9-10)12(17)18/h4-6,9H,7-8H2,1-3H3,(H,17,18)(H2,15,16,19). The van der Waals surface area contributed by atoms with Crippen LogP contribution in [0.4, 0.5) is 4.79 Å². The van der Waals surface area contributed by atoms with Crippen LogP contribution in [0.3, 0.4) is 0 Å². The summed E-state index contributed by atoms with van der Waals surface area (Å²) in [4.78, 5) is 22.3. The number of rotatable bonds is 4. The van der Waals surface area contributed by atoms with Gasteiger partial charge in [0.05, 0.1) is 5.56 Å².